The summed E-state index contributed by atoms with van der Waals surface area (Å²) in [6.45, 7) is 10.8. The van der Waals surface area contributed by atoms with Gasteiger partial charge in [-0.05, 0) is 38.1 Å². The molecule has 22 heavy (non-hydrogen) atoms. The van der Waals surface area contributed by atoms with Gasteiger partial charge in [-0.1, -0.05) is 12.1 Å². The predicted octanol–water partition coefficient (Wildman–Crippen LogP) is 1.08. The molecule has 1 fully saturated rings. The smallest absolute Gasteiger partial charge is 0.238 e. The molecule has 0 bridgehead atoms. The lowest BCUT2D eigenvalue weighted by atomic mass is 10.1. The third kappa shape index (κ3) is 5.09. The molecular formula is C17H28N4O. The van der Waals surface area contributed by atoms with Crippen molar-refractivity contribution in [1.82, 2.24) is 15.1 Å². The topological polar surface area (TPSA) is 47.6 Å². The van der Waals surface area contributed by atoms with Gasteiger partial charge in [-0.25, -0.2) is 0 Å². The number of aryl methyl sites for hydroxylation is 1. The Morgan fingerprint density at radius 1 is 1.32 bits per heavy atom. The van der Waals surface area contributed by atoms with E-state index in [0.29, 0.717) is 6.54 Å². The lowest BCUT2D eigenvalue weighted by molar-refractivity contribution is -0.117. The average Bonchev–Trinajstić information content (AvgIpc) is 2.51. The van der Waals surface area contributed by atoms with Crippen LogP contribution in [0.2, 0.25) is 0 Å². The van der Waals surface area contributed by atoms with Crippen molar-refractivity contribution in [3.8, 4) is 0 Å². The van der Waals surface area contributed by atoms with Gasteiger partial charge in [0, 0.05) is 45.0 Å². The number of nitrogens with zero attached hydrogens (tertiary/aromatic N) is 2. The van der Waals surface area contributed by atoms with E-state index >= 15 is 0 Å². The van der Waals surface area contributed by atoms with Gasteiger partial charge >= 0.3 is 0 Å². The minimum atomic E-state index is 0.0523. The van der Waals surface area contributed by atoms with Crippen LogP contribution in [0, 0.1) is 13.8 Å². The molecule has 1 saturated heterocycles. The molecule has 0 unspecified atom stereocenters. The number of carbonyl (C=O) groups is 1. The van der Waals surface area contributed by atoms with Gasteiger partial charge in [-0.3, -0.25) is 14.6 Å². The van der Waals surface area contributed by atoms with Crippen molar-refractivity contribution in [3.63, 3.8) is 0 Å². The van der Waals surface area contributed by atoms with E-state index in [2.05, 4.69) is 33.4 Å². The van der Waals surface area contributed by atoms with Crippen LogP contribution in [0.4, 0.5) is 5.69 Å². The number of anilines is 1. The molecule has 5 heteroatoms. The van der Waals surface area contributed by atoms with E-state index in [4.69, 9.17) is 0 Å². The highest BCUT2D eigenvalue weighted by atomic mass is 16.2. The van der Waals surface area contributed by atoms with Crippen molar-refractivity contribution in [1.29, 1.82) is 0 Å². The number of likely N-dealkylation sites (N-methyl/N-ethyl adjacent to an activating group) is 1. The molecule has 1 aliphatic heterocycles. The van der Waals surface area contributed by atoms with E-state index < -0.39 is 0 Å². The summed E-state index contributed by atoms with van der Waals surface area (Å²) < 4.78 is 0. The number of hydrogen-bond donors (Lipinski definition) is 2. The van der Waals surface area contributed by atoms with Crippen molar-refractivity contribution in [2.24, 2.45) is 0 Å². The Morgan fingerprint density at radius 2 is 2.05 bits per heavy atom. The summed E-state index contributed by atoms with van der Waals surface area (Å²) in [6.07, 6.45) is 0. The van der Waals surface area contributed by atoms with Crippen LogP contribution in [0.25, 0.3) is 0 Å². The maximum atomic E-state index is 12.2. The van der Waals surface area contributed by atoms with Gasteiger partial charge in [-0.15, -0.1) is 0 Å². The quantitative estimate of drug-likeness (QED) is 0.826. The Bertz CT molecular complexity index is 497. The fourth-order valence-corrected chi connectivity index (χ4v) is 2.65. The van der Waals surface area contributed by atoms with Crippen LogP contribution in [0.1, 0.15) is 11.1 Å². The number of hydrogen-bond acceptors (Lipinski definition) is 4. The fourth-order valence-electron chi connectivity index (χ4n) is 2.65. The zero-order valence-corrected chi connectivity index (χ0v) is 14.0. The second-order valence-electron chi connectivity index (χ2n) is 6.13. The van der Waals surface area contributed by atoms with E-state index in [-0.39, 0.29) is 5.91 Å². The van der Waals surface area contributed by atoms with Crippen molar-refractivity contribution < 1.29 is 4.79 Å². The van der Waals surface area contributed by atoms with Crippen LogP contribution in [0.3, 0.4) is 0 Å². The Hall–Kier alpha value is -1.43. The minimum absolute atomic E-state index is 0.0523. The molecule has 0 aliphatic carbocycles. The molecule has 0 saturated carbocycles. The maximum absolute atomic E-state index is 12.2. The third-order valence-electron chi connectivity index (χ3n) is 4.30. The number of carbonyl (C=O) groups excluding carboxylic acids is 1. The van der Waals surface area contributed by atoms with E-state index in [1.807, 2.05) is 26.1 Å². The molecule has 1 heterocycles. The Kier molecular flexibility index (Phi) is 6.36. The van der Waals surface area contributed by atoms with Gasteiger partial charge in [0.15, 0.2) is 0 Å². The minimum Gasteiger partial charge on any atom is -0.325 e. The van der Waals surface area contributed by atoms with Crippen LogP contribution in [0.15, 0.2) is 18.2 Å². The second-order valence-corrected chi connectivity index (χ2v) is 6.13. The predicted molar refractivity (Wildman–Crippen MR) is 91.4 cm³/mol. The molecule has 1 aromatic rings. The molecule has 2 rings (SSSR count). The highest BCUT2D eigenvalue weighted by Gasteiger charge is 2.12. The molecule has 122 valence electrons. The Balaban J connectivity index is 1.75. The summed E-state index contributed by atoms with van der Waals surface area (Å²) in [6, 6.07) is 6.00. The Morgan fingerprint density at radius 3 is 2.77 bits per heavy atom. The van der Waals surface area contributed by atoms with E-state index in [0.717, 1.165) is 50.5 Å². The summed E-state index contributed by atoms with van der Waals surface area (Å²) >= 11 is 0. The van der Waals surface area contributed by atoms with Gasteiger partial charge in [0.25, 0.3) is 0 Å². The van der Waals surface area contributed by atoms with E-state index in [1.165, 1.54) is 5.56 Å². The first kappa shape index (κ1) is 16.9. The lowest BCUT2D eigenvalue weighted by Crippen LogP contribution is -2.46. The number of benzene rings is 1. The zero-order valence-electron chi connectivity index (χ0n) is 14.0. The summed E-state index contributed by atoms with van der Waals surface area (Å²) in [7, 11) is 2.00. The van der Waals surface area contributed by atoms with Gasteiger partial charge in [-0.2, -0.15) is 0 Å². The van der Waals surface area contributed by atoms with Crippen LogP contribution >= 0.6 is 0 Å². The van der Waals surface area contributed by atoms with E-state index in [1.54, 1.807) is 0 Å². The molecule has 1 aromatic carbocycles. The molecule has 1 amide bonds. The van der Waals surface area contributed by atoms with Gasteiger partial charge < -0.3 is 10.6 Å². The van der Waals surface area contributed by atoms with Gasteiger partial charge in [0.1, 0.15) is 0 Å². The Labute approximate surface area is 133 Å². The highest BCUT2D eigenvalue weighted by Crippen LogP contribution is 2.17. The first-order valence-electron chi connectivity index (χ1n) is 8.04. The molecule has 1 aliphatic rings. The number of rotatable bonds is 6. The lowest BCUT2D eigenvalue weighted by Gasteiger charge is -2.28. The van der Waals surface area contributed by atoms with Crippen molar-refractivity contribution in [2.45, 2.75) is 13.8 Å². The normalized spacial score (nSPS) is 16.0. The number of piperazine rings is 1. The van der Waals surface area contributed by atoms with Gasteiger partial charge in [0.2, 0.25) is 5.91 Å². The monoisotopic (exact) mass is 304 g/mol. The fraction of sp³-hybridized carbons (Fsp3) is 0.588. The summed E-state index contributed by atoms with van der Waals surface area (Å²) in [5, 5.41) is 6.37. The molecular weight excluding hydrogens is 276 g/mol. The number of nitrogens with one attached hydrogen (secondary N) is 2. The average molecular weight is 304 g/mol. The van der Waals surface area contributed by atoms with Crippen LogP contribution in [-0.2, 0) is 4.79 Å². The molecule has 5 nitrogen and oxygen atoms in total. The number of amides is 1. The van der Waals surface area contributed by atoms with Crippen molar-refractivity contribution in [2.75, 3.05) is 58.2 Å². The van der Waals surface area contributed by atoms with Crippen LogP contribution < -0.4 is 10.6 Å². The highest BCUT2D eigenvalue weighted by molar-refractivity contribution is 5.93. The van der Waals surface area contributed by atoms with Crippen LogP contribution in [0.5, 0.6) is 0 Å². The summed E-state index contributed by atoms with van der Waals surface area (Å²) in [5.74, 6) is 0.0523. The molecule has 0 atom stereocenters. The standard InChI is InChI=1S/C17H28N4O/c1-14-5-4-6-16(15(14)2)19-17(22)13-20(3)11-12-21-9-7-18-8-10-21/h4-6,18H,7-13H2,1-3H3,(H,19,22). The van der Waals surface area contributed by atoms with Crippen molar-refractivity contribution >= 4 is 11.6 Å². The molecule has 0 spiro atoms. The van der Waals surface area contributed by atoms with Crippen LogP contribution in [-0.4, -0.2) is 68.6 Å². The summed E-state index contributed by atoms with van der Waals surface area (Å²) in [4.78, 5) is 16.7. The molecule has 0 radical (unpaired) electrons. The maximum Gasteiger partial charge on any atom is 0.238 e. The second kappa shape index (κ2) is 8.27. The van der Waals surface area contributed by atoms with E-state index in [9.17, 15) is 4.79 Å². The first-order valence-corrected chi connectivity index (χ1v) is 8.04. The zero-order chi connectivity index (χ0) is 15.9. The largest absolute Gasteiger partial charge is 0.325 e. The van der Waals surface area contributed by atoms with Crippen molar-refractivity contribution in [3.05, 3.63) is 29.3 Å². The first-order chi connectivity index (χ1) is 10.6. The van der Waals surface area contributed by atoms with Gasteiger partial charge in [0.05, 0.1) is 6.54 Å². The third-order valence-corrected chi connectivity index (χ3v) is 4.30. The SMILES string of the molecule is Cc1cccc(NC(=O)CN(C)CCN2CCNCC2)c1C. The summed E-state index contributed by atoms with van der Waals surface area (Å²) in [5.41, 5.74) is 3.25. The molecule has 2 N–H and O–H groups in total. The molecule has 0 aromatic heterocycles.